The van der Waals surface area contributed by atoms with Crippen molar-refractivity contribution >= 4 is 23.2 Å². The molecule has 0 aromatic heterocycles. The monoisotopic (exact) mass is 379 g/mol. The lowest BCUT2D eigenvalue weighted by Gasteiger charge is -2.56. The van der Waals surface area contributed by atoms with Gasteiger partial charge >= 0.3 is 5.97 Å². The molecule has 4 aliphatic carbocycles. The SMILES string of the molecule is N#C/C(=N\Nc1ccc(C(=O)OCC23CC4CC(CC(C4)C2)C3)cc1)C(=N)N. The van der Waals surface area contributed by atoms with Crippen molar-refractivity contribution in [1.29, 1.82) is 10.7 Å². The minimum atomic E-state index is -0.403. The fourth-order valence-electron chi connectivity index (χ4n) is 5.72. The molecule has 4 saturated carbocycles. The number of nitriles is 1. The predicted molar refractivity (Wildman–Crippen MR) is 106 cm³/mol. The first-order chi connectivity index (χ1) is 13.5. The number of rotatable bonds is 6. The number of benzene rings is 1. The summed E-state index contributed by atoms with van der Waals surface area (Å²) in [5.74, 6) is 1.81. The van der Waals surface area contributed by atoms with Crippen LogP contribution in [-0.2, 0) is 4.74 Å². The zero-order valence-electron chi connectivity index (χ0n) is 15.8. The third-order valence-corrected chi connectivity index (χ3v) is 6.45. The molecule has 0 atom stereocenters. The number of hydrogen-bond acceptors (Lipinski definition) is 6. The second-order valence-electron chi connectivity index (χ2n) is 8.67. The van der Waals surface area contributed by atoms with Gasteiger partial charge in [0.2, 0.25) is 5.71 Å². The van der Waals surface area contributed by atoms with E-state index in [4.69, 9.17) is 21.1 Å². The van der Waals surface area contributed by atoms with E-state index in [9.17, 15) is 4.79 Å². The van der Waals surface area contributed by atoms with E-state index < -0.39 is 5.84 Å². The van der Waals surface area contributed by atoms with E-state index in [-0.39, 0.29) is 17.1 Å². The van der Waals surface area contributed by atoms with Crippen molar-refractivity contribution in [3.05, 3.63) is 29.8 Å². The summed E-state index contributed by atoms with van der Waals surface area (Å²) in [7, 11) is 0. The maximum absolute atomic E-state index is 12.5. The van der Waals surface area contributed by atoms with E-state index in [1.807, 2.05) is 0 Å². The largest absolute Gasteiger partial charge is 0.462 e. The molecule has 4 fully saturated rings. The van der Waals surface area contributed by atoms with E-state index in [2.05, 4.69) is 10.5 Å². The van der Waals surface area contributed by atoms with Gasteiger partial charge in [-0.15, -0.1) is 0 Å². The molecule has 4 N–H and O–H groups in total. The van der Waals surface area contributed by atoms with Gasteiger partial charge in [0.15, 0.2) is 5.84 Å². The molecule has 5 rings (SSSR count). The Kier molecular flexibility index (Phi) is 4.80. The van der Waals surface area contributed by atoms with Crippen molar-refractivity contribution in [1.82, 2.24) is 0 Å². The van der Waals surface area contributed by atoms with Crippen LogP contribution in [0.25, 0.3) is 0 Å². The molecule has 0 saturated heterocycles. The molecule has 0 radical (unpaired) electrons. The average Bonchev–Trinajstić information content (AvgIpc) is 2.66. The number of ether oxygens (including phenoxy) is 1. The zero-order chi connectivity index (χ0) is 19.7. The highest BCUT2D eigenvalue weighted by Crippen LogP contribution is 2.60. The molecule has 4 aliphatic rings. The molecule has 28 heavy (non-hydrogen) atoms. The van der Waals surface area contributed by atoms with E-state index >= 15 is 0 Å². The lowest BCUT2D eigenvalue weighted by molar-refractivity contribution is -0.0848. The number of carbonyl (C=O) groups is 1. The highest BCUT2D eigenvalue weighted by molar-refractivity contribution is 6.45. The summed E-state index contributed by atoms with van der Waals surface area (Å²) in [5, 5.41) is 19.8. The normalized spacial score (nSPS) is 30.5. The molecule has 4 bridgehead atoms. The smallest absolute Gasteiger partial charge is 0.338 e. The summed E-state index contributed by atoms with van der Waals surface area (Å²) in [6, 6.07) is 8.43. The summed E-state index contributed by atoms with van der Waals surface area (Å²) < 4.78 is 5.73. The van der Waals surface area contributed by atoms with Crippen molar-refractivity contribution in [3.63, 3.8) is 0 Å². The predicted octanol–water partition coefficient (Wildman–Crippen LogP) is 3.29. The molecule has 0 spiro atoms. The Labute approximate surface area is 164 Å². The number of nitrogens with one attached hydrogen (secondary N) is 2. The van der Waals surface area contributed by atoms with Crippen LogP contribution in [0.4, 0.5) is 5.69 Å². The van der Waals surface area contributed by atoms with E-state index in [1.54, 1.807) is 30.3 Å². The summed E-state index contributed by atoms with van der Waals surface area (Å²) in [6.07, 6.45) is 7.77. The maximum Gasteiger partial charge on any atom is 0.338 e. The standard InChI is InChI=1S/C21H25N5O2/c22-11-18(19(23)24)26-25-17-3-1-16(2-4-17)20(27)28-12-21-8-13-5-14(9-21)7-15(6-13)10-21/h1-4,13-15,25H,5-10,12H2,(H3,23,24)/b26-18+. The van der Waals surface area contributed by atoms with Gasteiger partial charge in [0, 0.05) is 5.41 Å². The Balaban J connectivity index is 1.34. The van der Waals surface area contributed by atoms with Gasteiger partial charge in [0.25, 0.3) is 0 Å². The molecule has 0 unspecified atom stereocenters. The molecule has 1 aromatic rings. The van der Waals surface area contributed by atoms with Crippen molar-refractivity contribution in [2.24, 2.45) is 34.0 Å². The number of amidine groups is 1. The first-order valence-corrected chi connectivity index (χ1v) is 9.82. The number of anilines is 1. The van der Waals surface area contributed by atoms with Crippen LogP contribution < -0.4 is 11.2 Å². The summed E-state index contributed by atoms with van der Waals surface area (Å²) in [5.41, 5.74) is 9.00. The maximum atomic E-state index is 12.5. The minimum absolute atomic E-state index is 0.195. The minimum Gasteiger partial charge on any atom is -0.462 e. The van der Waals surface area contributed by atoms with Gasteiger partial charge in [-0.1, -0.05) is 0 Å². The van der Waals surface area contributed by atoms with Crippen LogP contribution in [0.5, 0.6) is 0 Å². The number of carbonyl (C=O) groups excluding carboxylic acids is 1. The fraction of sp³-hybridized carbons (Fsp3) is 0.524. The first kappa shape index (κ1) is 18.5. The molecule has 0 amide bonds. The Bertz CT molecular complexity index is 817. The van der Waals surface area contributed by atoms with Crippen LogP contribution in [0.3, 0.4) is 0 Å². The van der Waals surface area contributed by atoms with Gasteiger partial charge in [-0.25, -0.2) is 4.79 Å². The second kappa shape index (κ2) is 7.27. The van der Waals surface area contributed by atoms with Gasteiger partial charge in [0.05, 0.1) is 17.9 Å². The number of nitrogens with two attached hydrogens (primary N) is 1. The zero-order valence-corrected chi connectivity index (χ0v) is 15.8. The third-order valence-electron chi connectivity index (χ3n) is 6.45. The van der Waals surface area contributed by atoms with Crippen LogP contribution >= 0.6 is 0 Å². The van der Waals surface area contributed by atoms with Crippen molar-refractivity contribution in [2.45, 2.75) is 38.5 Å². The fourth-order valence-corrected chi connectivity index (χ4v) is 5.72. The highest BCUT2D eigenvalue weighted by atomic mass is 16.5. The van der Waals surface area contributed by atoms with Crippen LogP contribution in [-0.4, -0.2) is 24.1 Å². The highest BCUT2D eigenvalue weighted by Gasteiger charge is 2.51. The molecule has 0 aliphatic heterocycles. The Morgan fingerprint density at radius 1 is 1.21 bits per heavy atom. The van der Waals surface area contributed by atoms with Crippen molar-refractivity contribution in [2.75, 3.05) is 12.0 Å². The average molecular weight is 379 g/mol. The summed E-state index contributed by atoms with van der Waals surface area (Å²) in [6.45, 7) is 0.532. The molecule has 0 heterocycles. The molecule has 7 heteroatoms. The summed E-state index contributed by atoms with van der Waals surface area (Å²) >= 11 is 0. The summed E-state index contributed by atoms with van der Waals surface area (Å²) in [4.78, 5) is 12.5. The van der Waals surface area contributed by atoms with Gasteiger partial charge in [-0.2, -0.15) is 10.4 Å². The van der Waals surface area contributed by atoms with Gasteiger partial charge in [0.1, 0.15) is 6.07 Å². The van der Waals surface area contributed by atoms with Crippen LogP contribution in [0.1, 0.15) is 48.9 Å². The van der Waals surface area contributed by atoms with Crippen LogP contribution in [0, 0.1) is 39.9 Å². The molecule has 146 valence electrons. The molecular weight excluding hydrogens is 354 g/mol. The van der Waals surface area contributed by atoms with E-state index in [1.165, 1.54) is 38.5 Å². The molecular formula is C21H25N5O2. The number of esters is 1. The van der Waals surface area contributed by atoms with Crippen LogP contribution in [0.15, 0.2) is 29.4 Å². The number of hydrogen-bond donors (Lipinski definition) is 3. The van der Waals surface area contributed by atoms with Crippen molar-refractivity contribution in [3.8, 4) is 6.07 Å². The Hall–Kier alpha value is -2.88. The molecule has 1 aromatic carbocycles. The van der Waals surface area contributed by atoms with Crippen LogP contribution in [0.2, 0.25) is 0 Å². The molecule has 7 nitrogen and oxygen atoms in total. The second-order valence-corrected chi connectivity index (χ2v) is 8.67. The Morgan fingerprint density at radius 3 is 2.29 bits per heavy atom. The van der Waals surface area contributed by atoms with Crippen molar-refractivity contribution < 1.29 is 9.53 Å². The number of nitrogens with zero attached hydrogens (tertiary/aromatic N) is 2. The lowest BCUT2D eigenvalue weighted by Crippen LogP contribution is -2.48. The first-order valence-electron chi connectivity index (χ1n) is 9.82. The third kappa shape index (κ3) is 3.72. The van der Waals surface area contributed by atoms with E-state index in [0.29, 0.717) is 17.9 Å². The quantitative estimate of drug-likeness (QED) is 0.303. The topological polar surface area (TPSA) is 124 Å². The van der Waals surface area contributed by atoms with E-state index in [0.717, 1.165) is 17.8 Å². The van der Waals surface area contributed by atoms with Gasteiger partial charge in [-0.05, 0) is 80.5 Å². The number of hydrazone groups is 1. The van der Waals surface area contributed by atoms with Gasteiger partial charge in [-0.3, -0.25) is 10.8 Å². The lowest BCUT2D eigenvalue weighted by atomic mass is 9.50. The van der Waals surface area contributed by atoms with Gasteiger partial charge < -0.3 is 10.5 Å². The Morgan fingerprint density at radius 2 is 1.79 bits per heavy atom.